The molecule has 0 spiro atoms. The van der Waals surface area contributed by atoms with E-state index in [9.17, 15) is 13.2 Å². The lowest BCUT2D eigenvalue weighted by atomic mass is 9.96. The minimum atomic E-state index is -3.65. The van der Waals surface area contributed by atoms with Crippen LogP contribution in [0.15, 0.2) is 53.4 Å². The molecule has 32 heavy (non-hydrogen) atoms. The van der Waals surface area contributed by atoms with E-state index in [-0.39, 0.29) is 22.6 Å². The number of carbonyl (C=O) groups excluding carboxylic acids is 1. The van der Waals surface area contributed by atoms with Crippen LogP contribution in [0.3, 0.4) is 0 Å². The van der Waals surface area contributed by atoms with Crippen LogP contribution in [0.1, 0.15) is 37.7 Å². The maximum atomic E-state index is 13.1. The summed E-state index contributed by atoms with van der Waals surface area (Å²) in [4.78, 5) is 12.8. The van der Waals surface area contributed by atoms with E-state index in [4.69, 9.17) is 9.47 Å². The highest BCUT2D eigenvalue weighted by Gasteiger charge is 2.32. The monoisotopic (exact) mass is 458 g/mol. The summed E-state index contributed by atoms with van der Waals surface area (Å²) in [5, 5.41) is 3.04. The molecule has 172 valence electrons. The molecule has 0 unspecified atom stereocenters. The van der Waals surface area contributed by atoms with Crippen LogP contribution in [0.4, 0.5) is 0 Å². The Morgan fingerprint density at radius 1 is 1.06 bits per heavy atom. The topological polar surface area (TPSA) is 84.9 Å². The fourth-order valence-electron chi connectivity index (χ4n) is 4.11. The summed E-state index contributed by atoms with van der Waals surface area (Å²) in [6, 6.07) is 14.8. The van der Waals surface area contributed by atoms with Crippen LogP contribution in [0.2, 0.25) is 0 Å². The number of amides is 1. The highest BCUT2D eigenvalue weighted by atomic mass is 32.2. The number of hydrogen-bond acceptors (Lipinski definition) is 5. The van der Waals surface area contributed by atoms with Gasteiger partial charge in [-0.2, -0.15) is 4.31 Å². The minimum Gasteiger partial charge on any atom is -0.490 e. The molecule has 2 aliphatic rings. The fourth-order valence-corrected chi connectivity index (χ4v) is 5.59. The number of hydrogen-bond donors (Lipinski definition) is 1. The molecule has 2 aromatic carbocycles. The van der Waals surface area contributed by atoms with Crippen molar-refractivity contribution in [2.45, 2.75) is 37.0 Å². The maximum Gasteiger partial charge on any atom is 0.243 e. The van der Waals surface area contributed by atoms with Crippen molar-refractivity contribution < 1.29 is 22.7 Å². The van der Waals surface area contributed by atoms with E-state index in [0.717, 1.165) is 6.42 Å². The van der Waals surface area contributed by atoms with Gasteiger partial charge >= 0.3 is 0 Å². The van der Waals surface area contributed by atoms with Crippen LogP contribution in [-0.4, -0.2) is 51.5 Å². The van der Waals surface area contributed by atoms with Gasteiger partial charge in [-0.15, -0.1) is 0 Å². The van der Waals surface area contributed by atoms with Crippen LogP contribution in [-0.2, 0) is 14.8 Å². The number of nitrogens with zero attached hydrogens (tertiary/aromatic N) is 1. The summed E-state index contributed by atoms with van der Waals surface area (Å²) < 4.78 is 39.0. The molecule has 2 heterocycles. The molecule has 4 rings (SSSR count). The number of sulfonamides is 1. The number of fused-ring (bicyclic) bond motifs is 1. The molecule has 0 saturated carbocycles. The second-order valence-corrected chi connectivity index (χ2v) is 10.3. The average molecular weight is 459 g/mol. The van der Waals surface area contributed by atoms with E-state index in [2.05, 4.69) is 24.4 Å². The molecule has 8 heteroatoms. The fraction of sp³-hybridized carbons (Fsp3) is 0.458. The molecule has 1 atom stereocenters. The van der Waals surface area contributed by atoms with Gasteiger partial charge in [0.05, 0.1) is 18.1 Å². The predicted octanol–water partition coefficient (Wildman–Crippen LogP) is 3.17. The Kier molecular flexibility index (Phi) is 7.01. The number of ether oxygens (including phenoxy) is 2. The highest BCUT2D eigenvalue weighted by molar-refractivity contribution is 7.89. The Balaban J connectivity index is 1.32. The number of rotatable bonds is 6. The van der Waals surface area contributed by atoms with Gasteiger partial charge in [0.25, 0.3) is 0 Å². The van der Waals surface area contributed by atoms with Crippen molar-refractivity contribution in [2.24, 2.45) is 5.92 Å². The number of piperidine rings is 1. The minimum absolute atomic E-state index is 0.000378. The molecule has 1 fully saturated rings. The summed E-state index contributed by atoms with van der Waals surface area (Å²) in [6.45, 7) is 4.35. The van der Waals surface area contributed by atoms with Crippen molar-refractivity contribution in [3.8, 4) is 11.5 Å². The summed E-state index contributed by atoms with van der Waals surface area (Å²) in [5.74, 6) is 1.08. The van der Waals surface area contributed by atoms with E-state index >= 15 is 0 Å². The van der Waals surface area contributed by atoms with Crippen molar-refractivity contribution in [2.75, 3.05) is 32.8 Å². The Bertz CT molecular complexity index is 1030. The quantitative estimate of drug-likeness (QED) is 0.719. The molecular weight excluding hydrogens is 428 g/mol. The molecule has 0 radical (unpaired) electrons. The molecule has 2 aliphatic heterocycles. The van der Waals surface area contributed by atoms with Crippen LogP contribution in [0.5, 0.6) is 11.5 Å². The second kappa shape index (κ2) is 9.92. The van der Waals surface area contributed by atoms with Gasteiger partial charge in [0, 0.05) is 38.0 Å². The third-order valence-electron chi connectivity index (χ3n) is 6.13. The molecule has 0 aliphatic carbocycles. The zero-order chi connectivity index (χ0) is 22.6. The predicted molar refractivity (Wildman–Crippen MR) is 121 cm³/mol. The first-order valence-electron chi connectivity index (χ1n) is 11.2. The third-order valence-corrected chi connectivity index (χ3v) is 8.03. The highest BCUT2D eigenvalue weighted by Crippen LogP contribution is 2.33. The molecule has 1 saturated heterocycles. The van der Waals surface area contributed by atoms with Gasteiger partial charge in [0.1, 0.15) is 0 Å². The Morgan fingerprint density at radius 3 is 2.47 bits per heavy atom. The first-order valence-corrected chi connectivity index (χ1v) is 12.6. The third kappa shape index (κ3) is 5.07. The summed E-state index contributed by atoms with van der Waals surface area (Å²) in [7, 11) is -3.65. The van der Waals surface area contributed by atoms with Gasteiger partial charge in [0.15, 0.2) is 11.5 Å². The summed E-state index contributed by atoms with van der Waals surface area (Å²) in [6.07, 6.45) is 1.78. The molecular formula is C24H30N2O5S. The maximum absolute atomic E-state index is 13.1. The average Bonchev–Trinajstić information content (AvgIpc) is 3.08. The smallest absolute Gasteiger partial charge is 0.243 e. The molecule has 2 aromatic rings. The van der Waals surface area contributed by atoms with Gasteiger partial charge in [-0.05, 0) is 36.5 Å². The van der Waals surface area contributed by atoms with Crippen molar-refractivity contribution in [3.63, 3.8) is 0 Å². The van der Waals surface area contributed by atoms with Crippen LogP contribution < -0.4 is 14.8 Å². The SMILES string of the molecule is C[C@@H](CNC(=O)C1CCN(S(=O)(=O)c2ccc3c(c2)OCCCO3)CC1)c1ccccc1. The van der Waals surface area contributed by atoms with Crippen LogP contribution in [0, 0.1) is 5.92 Å². The van der Waals surface area contributed by atoms with Gasteiger partial charge in [-0.3, -0.25) is 4.79 Å². The Labute approximate surface area is 189 Å². The number of nitrogens with one attached hydrogen (secondary N) is 1. The standard InChI is InChI=1S/C24H30N2O5S/c1-18(19-6-3-2-4-7-19)17-25-24(27)20-10-12-26(13-11-20)32(28,29)21-8-9-22-23(16-21)31-15-5-14-30-22/h2-4,6-9,16,18,20H,5,10-15,17H2,1H3,(H,25,27)/t18-/m0/s1. The Morgan fingerprint density at radius 2 is 1.75 bits per heavy atom. The van der Waals surface area contributed by atoms with Crippen molar-refractivity contribution >= 4 is 15.9 Å². The van der Waals surface area contributed by atoms with E-state index in [1.807, 2.05) is 18.2 Å². The zero-order valence-electron chi connectivity index (χ0n) is 18.3. The van der Waals surface area contributed by atoms with Gasteiger partial charge in [-0.25, -0.2) is 8.42 Å². The first-order chi connectivity index (χ1) is 15.4. The van der Waals surface area contributed by atoms with Crippen LogP contribution >= 0.6 is 0 Å². The molecule has 1 amide bonds. The summed E-state index contributed by atoms with van der Waals surface area (Å²) >= 11 is 0. The molecule has 1 N–H and O–H groups in total. The van der Waals surface area contributed by atoms with E-state index in [0.29, 0.717) is 57.2 Å². The van der Waals surface area contributed by atoms with Gasteiger partial charge in [0.2, 0.25) is 15.9 Å². The van der Waals surface area contributed by atoms with Crippen molar-refractivity contribution in [3.05, 3.63) is 54.1 Å². The largest absolute Gasteiger partial charge is 0.490 e. The van der Waals surface area contributed by atoms with E-state index in [1.54, 1.807) is 18.2 Å². The molecule has 0 bridgehead atoms. The van der Waals surface area contributed by atoms with Crippen molar-refractivity contribution in [1.82, 2.24) is 9.62 Å². The van der Waals surface area contributed by atoms with Crippen molar-refractivity contribution in [1.29, 1.82) is 0 Å². The first kappa shape index (κ1) is 22.6. The lowest BCUT2D eigenvalue weighted by Gasteiger charge is -2.31. The van der Waals surface area contributed by atoms with E-state index < -0.39 is 10.0 Å². The lowest BCUT2D eigenvalue weighted by Crippen LogP contribution is -2.43. The molecule has 0 aromatic heterocycles. The number of carbonyl (C=O) groups is 1. The molecule has 7 nitrogen and oxygen atoms in total. The zero-order valence-corrected chi connectivity index (χ0v) is 19.1. The lowest BCUT2D eigenvalue weighted by molar-refractivity contribution is -0.126. The second-order valence-electron chi connectivity index (χ2n) is 8.39. The van der Waals surface area contributed by atoms with Crippen LogP contribution in [0.25, 0.3) is 0 Å². The normalized spacial score (nSPS) is 18.5. The van der Waals surface area contributed by atoms with Gasteiger partial charge < -0.3 is 14.8 Å². The Hall–Kier alpha value is -2.58. The van der Waals surface area contributed by atoms with Gasteiger partial charge in [-0.1, -0.05) is 37.3 Å². The summed E-state index contributed by atoms with van der Waals surface area (Å²) in [5.41, 5.74) is 1.18. The number of benzene rings is 2. The van der Waals surface area contributed by atoms with E-state index in [1.165, 1.54) is 9.87 Å².